The van der Waals surface area contributed by atoms with Gasteiger partial charge in [0.25, 0.3) is 0 Å². The molecule has 0 aromatic rings. The predicted octanol–water partition coefficient (Wildman–Crippen LogP) is 3.01. The fourth-order valence-corrected chi connectivity index (χ4v) is 1.38. The average Bonchev–Trinajstić information content (AvgIpc) is 2.23. The van der Waals surface area contributed by atoms with Crippen molar-refractivity contribution in [3.05, 3.63) is 0 Å². The molecule has 0 aromatic heterocycles. The summed E-state index contributed by atoms with van der Waals surface area (Å²) in [5, 5.41) is 0. The first-order valence-corrected chi connectivity index (χ1v) is 6.55. The highest BCUT2D eigenvalue weighted by molar-refractivity contribution is 5.82. The molecule has 0 aliphatic rings. The highest BCUT2D eigenvalue weighted by Crippen LogP contribution is 2.08. The molecule has 0 bridgehead atoms. The van der Waals surface area contributed by atoms with Gasteiger partial charge in [0.1, 0.15) is 13.2 Å². The third kappa shape index (κ3) is 10.2. The van der Waals surface area contributed by atoms with Gasteiger partial charge in [0.15, 0.2) is 11.6 Å². The highest BCUT2D eigenvalue weighted by Gasteiger charge is 2.08. The van der Waals surface area contributed by atoms with E-state index in [1.54, 1.807) is 0 Å². The van der Waals surface area contributed by atoms with Gasteiger partial charge < -0.3 is 4.74 Å². The maximum absolute atomic E-state index is 11.4. The molecule has 0 atom stereocenters. The monoisotopic (exact) mass is 242 g/mol. The minimum atomic E-state index is -0.0175. The summed E-state index contributed by atoms with van der Waals surface area (Å²) >= 11 is 0. The van der Waals surface area contributed by atoms with Gasteiger partial charge in [-0.05, 0) is 12.3 Å². The summed E-state index contributed by atoms with van der Waals surface area (Å²) in [7, 11) is 0. The van der Waals surface area contributed by atoms with Crippen LogP contribution in [0.15, 0.2) is 0 Å². The van der Waals surface area contributed by atoms with Crippen molar-refractivity contribution in [3.8, 4) is 0 Å². The van der Waals surface area contributed by atoms with Gasteiger partial charge >= 0.3 is 0 Å². The van der Waals surface area contributed by atoms with E-state index in [9.17, 15) is 9.59 Å². The van der Waals surface area contributed by atoms with Crippen LogP contribution < -0.4 is 0 Å². The molecule has 17 heavy (non-hydrogen) atoms. The third-order valence-corrected chi connectivity index (χ3v) is 2.64. The lowest BCUT2D eigenvalue weighted by Crippen LogP contribution is -2.18. The zero-order chi connectivity index (χ0) is 13.3. The van der Waals surface area contributed by atoms with Crippen molar-refractivity contribution < 1.29 is 14.3 Å². The van der Waals surface area contributed by atoms with Gasteiger partial charge in [-0.15, -0.1) is 0 Å². The topological polar surface area (TPSA) is 43.4 Å². The van der Waals surface area contributed by atoms with E-state index in [0.29, 0.717) is 12.3 Å². The number of ketones is 2. The molecule has 0 N–H and O–H groups in total. The van der Waals surface area contributed by atoms with E-state index in [0.717, 1.165) is 12.8 Å². The van der Waals surface area contributed by atoms with Crippen molar-refractivity contribution in [2.75, 3.05) is 13.2 Å². The molecular weight excluding hydrogens is 216 g/mol. The number of carbonyl (C=O) groups excluding carboxylic acids is 2. The molecule has 0 radical (unpaired) electrons. The van der Waals surface area contributed by atoms with Crippen LogP contribution in [-0.4, -0.2) is 24.8 Å². The molecule has 0 saturated carbocycles. The van der Waals surface area contributed by atoms with E-state index in [2.05, 4.69) is 13.8 Å². The van der Waals surface area contributed by atoms with E-state index in [1.165, 1.54) is 6.42 Å². The number of carbonyl (C=O) groups is 2. The molecule has 0 rings (SSSR count). The molecule has 0 spiro atoms. The maximum atomic E-state index is 11.4. The SMILES string of the molecule is CC(C)CCCCC(=O)COCC(=O)C(C)C. The number of unbranched alkanes of at least 4 members (excludes halogenated alkanes) is 1. The first kappa shape index (κ1) is 16.3. The van der Waals surface area contributed by atoms with Crippen molar-refractivity contribution in [1.29, 1.82) is 0 Å². The van der Waals surface area contributed by atoms with Crippen molar-refractivity contribution >= 4 is 11.6 Å². The molecule has 0 fully saturated rings. The van der Waals surface area contributed by atoms with Crippen LogP contribution in [0.2, 0.25) is 0 Å². The Hall–Kier alpha value is -0.700. The molecule has 0 unspecified atom stereocenters. The third-order valence-electron chi connectivity index (χ3n) is 2.64. The average molecular weight is 242 g/mol. The summed E-state index contributed by atoms with van der Waals surface area (Å²) in [5.74, 6) is 0.837. The quantitative estimate of drug-likeness (QED) is 0.553. The minimum Gasteiger partial charge on any atom is -0.366 e. The first-order valence-electron chi connectivity index (χ1n) is 6.55. The summed E-state index contributed by atoms with van der Waals surface area (Å²) in [4.78, 5) is 22.6. The molecule has 100 valence electrons. The lowest BCUT2D eigenvalue weighted by Gasteiger charge is -2.06. The van der Waals surface area contributed by atoms with E-state index in [4.69, 9.17) is 4.74 Å². The second kappa shape index (κ2) is 9.34. The van der Waals surface area contributed by atoms with Gasteiger partial charge in [0.2, 0.25) is 0 Å². The van der Waals surface area contributed by atoms with Gasteiger partial charge in [-0.1, -0.05) is 40.5 Å². The summed E-state index contributed by atoms with van der Waals surface area (Å²) in [5.41, 5.74) is 0. The lowest BCUT2D eigenvalue weighted by molar-refractivity contribution is -0.130. The Kier molecular flexibility index (Phi) is 8.96. The molecule has 0 aliphatic heterocycles. The van der Waals surface area contributed by atoms with Crippen LogP contribution in [0.4, 0.5) is 0 Å². The smallest absolute Gasteiger partial charge is 0.160 e. The maximum Gasteiger partial charge on any atom is 0.160 e. The van der Waals surface area contributed by atoms with Crippen LogP contribution in [0.3, 0.4) is 0 Å². The minimum absolute atomic E-state index is 0.0175. The fourth-order valence-electron chi connectivity index (χ4n) is 1.38. The summed E-state index contributed by atoms with van der Waals surface area (Å²) in [6.07, 6.45) is 3.76. The Morgan fingerprint density at radius 2 is 1.65 bits per heavy atom. The van der Waals surface area contributed by atoms with E-state index >= 15 is 0 Å². The fraction of sp³-hybridized carbons (Fsp3) is 0.857. The second-order valence-electron chi connectivity index (χ2n) is 5.29. The zero-order valence-electron chi connectivity index (χ0n) is 11.6. The van der Waals surface area contributed by atoms with Crippen LogP contribution in [0, 0.1) is 11.8 Å². The summed E-state index contributed by atoms with van der Waals surface area (Å²) in [6, 6.07) is 0. The van der Waals surface area contributed by atoms with Crippen LogP contribution >= 0.6 is 0 Å². The van der Waals surface area contributed by atoms with Crippen molar-refractivity contribution in [2.45, 2.75) is 53.4 Å². The van der Waals surface area contributed by atoms with Crippen LogP contribution in [-0.2, 0) is 14.3 Å². The normalized spacial score (nSPS) is 11.2. The largest absolute Gasteiger partial charge is 0.366 e. The van der Waals surface area contributed by atoms with E-state index < -0.39 is 0 Å². The first-order chi connectivity index (χ1) is 7.93. The van der Waals surface area contributed by atoms with Gasteiger partial charge in [-0.3, -0.25) is 9.59 Å². The van der Waals surface area contributed by atoms with Crippen molar-refractivity contribution in [3.63, 3.8) is 0 Å². The molecule has 0 heterocycles. The molecule has 3 nitrogen and oxygen atoms in total. The zero-order valence-corrected chi connectivity index (χ0v) is 11.6. The summed E-state index contributed by atoms with van der Waals surface area (Å²) in [6.45, 7) is 8.18. The molecule has 0 aliphatic carbocycles. The Labute approximate surface area is 105 Å². The molecule has 0 aromatic carbocycles. The number of Topliss-reactive ketones (excluding diaryl/α,β-unsaturated/α-hetero) is 2. The Morgan fingerprint density at radius 1 is 1.00 bits per heavy atom. The number of hydrogen-bond donors (Lipinski definition) is 0. The van der Waals surface area contributed by atoms with E-state index in [-0.39, 0.29) is 30.7 Å². The molecule has 3 heteroatoms. The Balaban J connectivity index is 3.44. The second-order valence-corrected chi connectivity index (χ2v) is 5.29. The van der Waals surface area contributed by atoms with Gasteiger partial charge in [0.05, 0.1) is 0 Å². The van der Waals surface area contributed by atoms with Crippen molar-refractivity contribution in [1.82, 2.24) is 0 Å². The number of hydrogen-bond acceptors (Lipinski definition) is 3. The molecule has 0 saturated heterocycles. The van der Waals surface area contributed by atoms with E-state index in [1.807, 2.05) is 13.8 Å². The lowest BCUT2D eigenvalue weighted by atomic mass is 10.0. The van der Waals surface area contributed by atoms with Crippen LogP contribution in [0.5, 0.6) is 0 Å². The number of ether oxygens (including phenoxy) is 1. The Bertz CT molecular complexity index is 232. The molecule has 0 amide bonds. The van der Waals surface area contributed by atoms with Gasteiger partial charge in [-0.2, -0.15) is 0 Å². The summed E-state index contributed by atoms with van der Waals surface area (Å²) < 4.78 is 5.10. The Morgan fingerprint density at radius 3 is 2.18 bits per heavy atom. The van der Waals surface area contributed by atoms with Gasteiger partial charge in [0, 0.05) is 12.3 Å². The van der Waals surface area contributed by atoms with Crippen LogP contribution in [0.1, 0.15) is 53.4 Å². The van der Waals surface area contributed by atoms with Gasteiger partial charge in [-0.25, -0.2) is 0 Å². The van der Waals surface area contributed by atoms with Crippen molar-refractivity contribution in [2.24, 2.45) is 11.8 Å². The van der Waals surface area contributed by atoms with Crippen LogP contribution in [0.25, 0.3) is 0 Å². The standard InChI is InChI=1S/C14H26O3/c1-11(2)7-5-6-8-13(15)9-17-10-14(16)12(3)4/h11-12H,5-10H2,1-4H3. The molecular formula is C14H26O3. The number of rotatable bonds is 10. The highest BCUT2D eigenvalue weighted by atomic mass is 16.5. The predicted molar refractivity (Wildman–Crippen MR) is 69.0 cm³/mol.